The van der Waals surface area contributed by atoms with Crippen LogP contribution in [0.3, 0.4) is 0 Å². The van der Waals surface area contributed by atoms with Crippen molar-refractivity contribution < 1.29 is 4.79 Å². The van der Waals surface area contributed by atoms with Crippen LogP contribution in [0.1, 0.15) is 0 Å². The zero-order valence-electron chi connectivity index (χ0n) is 10.4. The van der Waals surface area contributed by atoms with Crippen LogP contribution in [0.25, 0.3) is 0 Å². The molecule has 0 atom stereocenters. The molecule has 20 heavy (non-hydrogen) atoms. The summed E-state index contributed by atoms with van der Waals surface area (Å²) in [5.41, 5.74) is 7.26. The first-order valence-electron chi connectivity index (χ1n) is 5.78. The molecule has 0 radical (unpaired) electrons. The van der Waals surface area contributed by atoms with Gasteiger partial charge in [-0.05, 0) is 52.9 Å². The Kier molecular flexibility index (Phi) is 5.56. The van der Waals surface area contributed by atoms with Crippen LogP contribution in [0.4, 0.5) is 11.4 Å². The maximum absolute atomic E-state index is 11.9. The van der Waals surface area contributed by atoms with E-state index < -0.39 is 0 Å². The van der Waals surface area contributed by atoms with Gasteiger partial charge in [-0.1, -0.05) is 23.7 Å². The largest absolute Gasteiger partial charge is 0.398 e. The van der Waals surface area contributed by atoms with Crippen LogP contribution in [0.5, 0.6) is 0 Å². The van der Waals surface area contributed by atoms with E-state index in [9.17, 15) is 4.79 Å². The van der Waals surface area contributed by atoms with Gasteiger partial charge in [0, 0.05) is 19.2 Å². The molecule has 0 fully saturated rings. The number of anilines is 2. The Morgan fingerprint density at radius 2 is 2.05 bits per heavy atom. The molecule has 3 nitrogen and oxygen atoms in total. The zero-order valence-corrected chi connectivity index (χ0v) is 14.1. The highest BCUT2D eigenvalue weighted by atomic mass is 127. The summed E-state index contributed by atoms with van der Waals surface area (Å²) in [4.78, 5) is 12.8. The minimum Gasteiger partial charge on any atom is -0.398 e. The van der Waals surface area contributed by atoms with Gasteiger partial charge in [0.05, 0.1) is 11.4 Å². The molecular weight excluding hydrogens is 407 g/mol. The maximum Gasteiger partial charge on any atom is 0.234 e. The molecular formula is C14H12ClIN2OS. The fourth-order valence-electron chi connectivity index (χ4n) is 1.54. The summed E-state index contributed by atoms with van der Waals surface area (Å²) in [5.74, 6) is 0.241. The van der Waals surface area contributed by atoms with Crippen molar-refractivity contribution in [3.8, 4) is 0 Å². The molecule has 2 rings (SSSR count). The third-order valence-electron chi connectivity index (χ3n) is 2.48. The summed E-state index contributed by atoms with van der Waals surface area (Å²) in [6.07, 6.45) is 0. The lowest BCUT2D eigenvalue weighted by Crippen LogP contribution is -2.14. The van der Waals surface area contributed by atoms with E-state index in [4.69, 9.17) is 17.3 Å². The first kappa shape index (κ1) is 15.5. The van der Waals surface area contributed by atoms with Gasteiger partial charge in [-0.3, -0.25) is 4.79 Å². The van der Waals surface area contributed by atoms with Gasteiger partial charge in [0.15, 0.2) is 0 Å². The third kappa shape index (κ3) is 4.29. The molecule has 0 unspecified atom stereocenters. The van der Waals surface area contributed by atoms with Crippen molar-refractivity contribution in [1.29, 1.82) is 0 Å². The van der Waals surface area contributed by atoms with E-state index in [-0.39, 0.29) is 5.91 Å². The van der Waals surface area contributed by atoms with Crippen LogP contribution in [-0.2, 0) is 4.79 Å². The summed E-state index contributed by atoms with van der Waals surface area (Å²) >= 11 is 9.41. The number of hydrogen-bond acceptors (Lipinski definition) is 3. The topological polar surface area (TPSA) is 55.1 Å². The van der Waals surface area contributed by atoms with Gasteiger partial charge in [-0.25, -0.2) is 0 Å². The average Bonchev–Trinajstić information content (AvgIpc) is 2.40. The van der Waals surface area contributed by atoms with E-state index in [1.54, 1.807) is 12.1 Å². The normalized spacial score (nSPS) is 10.3. The van der Waals surface area contributed by atoms with Crippen molar-refractivity contribution in [2.75, 3.05) is 16.8 Å². The molecule has 2 aromatic rings. The lowest BCUT2D eigenvalue weighted by molar-refractivity contribution is -0.113. The van der Waals surface area contributed by atoms with Crippen molar-refractivity contribution in [3.63, 3.8) is 0 Å². The number of hydrogen-bond donors (Lipinski definition) is 2. The highest BCUT2D eigenvalue weighted by Gasteiger charge is 2.07. The SMILES string of the molecule is Nc1cc(Cl)ccc1SCC(=O)Nc1ccccc1I. The Hall–Kier alpha value is -0.920. The molecule has 104 valence electrons. The Labute approximate surface area is 140 Å². The second-order valence-corrected chi connectivity index (χ2v) is 6.61. The summed E-state index contributed by atoms with van der Waals surface area (Å²) in [6.45, 7) is 0. The van der Waals surface area contributed by atoms with Gasteiger partial charge in [0.25, 0.3) is 0 Å². The van der Waals surface area contributed by atoms with Gasteiger partial charge < -0.3 is 11.1 Å². The van der Waals surface area contributed by atoms with Crippen molar-refractivity contribution in [2.24, 2.45) is 0 Å². The smallest absolute Gasteiger partial charge is 0.234 e. The van der Waals surface area contributed by atoms with E-state index in [1.165, 1.54) is 11.8 Å². The monoisotopic (exact) mass is 418 g/mol. The van der Waals surface area contributed by atoms with E-state index in [1.807, 2.05) is 30.3 Å². The predicted octanol–water partition coefficient (Wildman–Crippen LogP) is 4.26. The van der Waals surface area contributed by atoms with E-state index in [0.717, 1.165) is 14.2 Å². The van der Waals surface area contributed by atoms with Crippen molar-refractivity contribution in [3.05, 3.63) is 51.1 Å². The summed E-state index contributed by atoms with van der Waals surface area (Å²) in [5, 5.41) is 3.47. The lowest BCUT2D eigenvalue weighted by Gasteiger charge is -2.08. The fraction of sp³-hybridized carbons (Fsp3) is 0.0714. The molecule has 3 N–H and O–H groups in total. The number of amides is 1. The van der Waals surface area contributed by atoms with Crippen LogP contribution in [0, 0.1) is 3.57 Å². The molecule has 0 aliphatic rings. The van der Waals surface area contributed by atoms with Crippen LogP contribution in [-0.4, -0.2) is 11.7 Å². The minimum absolute atomic E-state index is 0.0616. The molecule has 0 bridgehead atoms. The van der Waals surface area contributed by atoms with Gasteiger partial charge in [-0.2, -0.15) is 0 Å². The predicted molar refractivity (Wildman–Crippen MR) is 94.4 cm³/mol. The summed E-state index contributed by atoms with van der Waals surface area (Å²) in [6, 6.07) is 12.9. The van der Waals surface area contributed by atoms with E-state index in [0.29, 0.717) is 16.5 Å². The average molecular weight is 419 g/mol. The number of carbonyl (C=O) groups excluding carboxylic acids is 1. The number of nitrogen functional groups attached to an aromatic ring is 1. The van der Waals surface area contributed by atoms with Gasteiger partial charge in [-0.15, -0.1) is 11.8 Å². The maximum atomic E-state index is 11.9. The lowest BCUT2D eigenvalue weighted by atomic mass is 10.3. The quantitative estimate of drug-likeness (QED) is 0.443. The Morgan fingerprint density at radius 1 is 1.30 bits per heavy atom. The number of benzene rings is 2. The first-order valence-corrected chi connectivity index (χ1v) is 8.22. The van der Waals surface area contributed by atoms with E-state index >= 15 is 0 Å². The highest BCUT2D eigenvalue weighted by Crippen LogP contribution is 2.27. The van der Waals surface area contributed by atoms with Crippen LogP contribution in [0.2, 0.25) is 5.02 Å². The van der Waals surface area contributed by atoms with Crippen LogP contribution in [0.15, 0.2) is 47.4 Å². The molecule has 0 aliphatic carbocycles. The minimum atomic E-state index is -0.0616. The molecule has 0 saturated heterocycles. The Morgan fingerprint density at radius 3 is 2.75 bits per heavy atom. The first-order chi connectivity index (χ1) is 9.56. The van der Waals surface area contributed by atoms with Crippen molar-refractivity contribution >= 4 is 63.2 Å². The van der Waals surface area contributed by atoms with Crippen molar-refractivity contribution in [2.45, 2.75) is 4.90 Å². The number of halogens is 2. The Balaban J connectivity index is 1.94. The summed E-state index contributed by atoms with van der Waals surface area (Å²) in [7, 11) is 0. The molecule has 0 saturated carbocycles. The van der Waals surface area contributed by atoms with Gasteiger partial charge >= 0.3 is 0 Å². The van der Waals surface area contributed by atoms with Gasteiger partial charge in [0.2, 0.25) is 5.91 Å². The third-order valence-corrected chi connectivity index (χ3v) is 4.74. The molecule has 0 heterocycles. The van der Waals surface area contributed by atoms with E-state index in [2.05, 4.69) is 27.9 Å². The molecule has 6 heteroatoms. The standard InChI is InChI=1S/C14H12ClIN2OS/c15-9-5-6-13(11(17)7-9)20-8-14(19)18-12-4-2-1-3-10(12)16/h1-7H,8,17H2,(H,18,19). The van der Waals surface area contributed by atoms with Crippen LogP contribution < -0.4 is 11.1 Å². The number of para-hydroxylation sites is 1. The summed E-state index contributed by atoms with van der Waals surface area (Å²) < 4.78 is 1.01. The number of thioether (sulfide) groups is 1. The molecule has 1 amide bonds. The highest BCUT2D eigenvalue weighted by molar-refractivity contribution is 14.1. The van der Waals surface area contributed by atoms with Crippen molar-refractivity contribution in [1.82, 2.24) is 0 Å². The second kappa shape index (κ2) is 7.19. The Bertz CT molecular complexity index is 636. The molecule has 0 aliphatic heterocycles. The second-order valence-electron chi connectivity index (χ2n) is 4.00. The number of nitrogens with one attached hydrogen (secondary N) is 1. The fourth-order valence-corrected chi connectivity index (χ4v) is 2.99. The molecule has 0 aromatic heterocycles. The van der Waals surface area contributed by atoms with Gasteiger partial charge in [0.1, 0.15) is 0 Å². The number of carbonyl (C=O) groups is 1. The number of nitrogens with two attached hydrogens (primary N) is 1. The zero-order chi connectivity index (χ0) is 14.5. The number of rotatable bonds is 4. The van der Waals surface area contributed by atoms with Crippen LogP contribution >= 0.6 is 46.0 Å². The molecule has 2 aromatic carbocycles. The molecule has 0 spiro atoms.